The standard InChI is InChI=1S/C14H14ClNO/c1-16-13-6-2-9-8-10(15)3-4-11(9)12(13)5-7-14(16)17/h3-5,7-8,12-13H,2,6H2,1H3/t12-,13-/m0/s1. The van der Waals surface area contributed by atoms with Crippen LogP contribution in [0, 0.1) is 0 Å². The summed E-state index contributed by atoms with van der Waals surface area (Å²) in [5, 5.41) is 0.798. The highest BCUT2D eigenvalue weighted by Gasteiger charge is 2.34. The summed E-state index contributed by atoms with van der Waals surface area (Å²) < 4.78 is 0. The molecule has 88 valence electrons. The lowest BCUT2D eigenvalue weighted by atomic mass is 9.77. The van der Waals surface area contributed by atoms with Crippen molar-refractivity contribution in [3.8, 4) is 0 Å². The molecule has 0 radical (unpaired) electrons. The topological polar surface area (TPSA) is 20.3 Å². The first-order valence-corrected chi connectivity index (χ1v) is 6.28. The highest BCUT2D eigenvalue weighted by atomic mass is 35.5. The first-order chi connectivity index (χ1) is 8.16. The van der Waals surface area contributed by atoms with Crippen LogP contribution < -0.4 is 0 Å². The van der Waals surface area contributed by atoms with Crippen LogP contribution >= 0.6 is 11.6 Å². The maximum Gasteiger partial charge on any atom is 0.246 e. The Hall–Kier alpha value is -1.28. The highest BCUT2D eigenvalue weighted by Crippen LogP contribution is 2.38. The number of aryl methyl sites for hydroxylation is 1. The van der Waals surface area contributed by atoms with E-state index >= 15 is 0 Å². The molecule has 3 rings (SSSR count). The summed E-state index contributed by atoms with van der Waals surface area (Å²) in [5.74, 6) is 0.447. The van der Waals surface area contributed by atoms with Crippen molar-refractivity contribution < 1.29 is 4.79 Å². The van der Waals surface area contributed by atoms with Crippen LogP contribution in [0.1, 0.15) is 23.5 Å². The Kier molecular flexibility index (Phi) is 2.48. The van der Waals surface area contributed by atoms with E-state index in [1.807, 2.05) is 24.1 Å². The number of halogens is 1. The van der Waals surface area contributed by atoms with Crippen molar-refractivity contribution >= 4 is 17.5 Å². The first kappa shape index (κ1) is 10.8. The van der Waals surface area contributed by atoms with Crippen molar-refractivity contribution in [2.75, 3.05) is 7.05 Å². The van der Waals surface area contributed by atoms with E-state index in [2.05, 4.69) is 12.1 Å². The van der Waals surface area contributed by atoms with Gasteiger partial charge in [0.2, 0.25) is 5.91 Å². The van der Waals surface area contributed by atoms with E-state index in [4.69, 9.17) is 11.6 Å². The zero-order chi connectivity index (χ0) is 12.0. The van der Waals surface area contributed by atoms with Gasteiger partial charge in [-0.15, -0.1) is 0 Å². The van der Waals surface area contributed by atoms with Gasteiger partial charge in [-0.1, -0.05) is 23.7 Å². The van der Waals surface area contributed by atoms with Gasteiger partial charge in [-0.2, -0.15) is 0 Å². The van der Waals surface area contributed by atoms with E-state index in [0.29, 0.717) is 12.0 Å². The largest absolute Gasteiger partial charge is 0.338 e. The van der Waals surface area contributed by atoms with E-state index in [1.165, 1.54) is 11.1 Å². The van der Waals surface area contributed by atoms with E-state index in [1.54, 1.807) is 6.08 Å². The van der Waals surface area contributed by atoms with Crippen molar-refractivity contribution in [3.05, 3.63) is 46.5 Å². The van der Waals surface area contributed by atoms with Gasteiger partial charge < -0.3 is 4.90 Å². The molecule has 2 aliphatic rings. The highest BCUT2D eigenvalue weighted by molar-refractivity contribution is 6.30. The minimum absolute atomic E-state index is 0.115. The van der Waals surface area contributed by atoms with Crippen molar-refractivity contribution in [1.29, 1.82) is 0 Å². The third-order valence-electron chi connectivity index (χ3n) is 3.88. The number of hydrogen-bond acceptors (Lipinski definition) is 1. The van der Waals surface area contributed by atoms with Crippen molar-refractivity contribution in [2.45, 2.75) is 24.8 Å². The van der Waals surface area contributed by atoms with E-state index in [-0.39, 0.29) is 5.91 Å². The molecule has 2 nitrogen and oxygen atoms in total. The predicted octanol–water partition coefficient (Wildman–Crippen LogP) is 2.77. The molecular formula is C14H14ClNO. The van der Waals surface area contributed by atoms with Crippen LogP contribution in [-0.2, 0) is 11.2 Å². The molecule has 2 atom stereocenters. The van der Waals surface area contributed by atoms with Gasteiger partial charge in [0.15, 0.2) is 0 Å². The number of carbonyl (C=O) groups excluding carboxylic acids is 1. The molecule has 1 amide bonds. The van der Waals surface area contributed by atoms with Gasteiger partial charge in [-0.05, 0) is 42.2 Å². The van der Waals surface area contributed by atoms with Crippen molar-refractivity contribution in [3.63, 3.8) is 0 Å². The minimum Gasteiger partial charge on any atom is -0.338 e. The first-order valence-electron chi connectivity index (χ1n) is 5.90. The van der Waals surface area contributed by atoms with Crippen LogP contribution in [0.4, 0.5) is 0 Å². The number of rotatable bonds is 0. The normalized spacial score (nSPS) is 26.7. The number of amides is 1. The van der Waals surface area contributed by atoms with Crippen LogP contribution in [0.15, 0.2) is 30.4 Å². The summed E-state index contributed by atoms with van der Waals surface area (Å²) in [6.07, 6.45) is 5.75. The maximum absolute atomic E-state index is 11.6. The van der Waals surface area contributed by atoms with Crippen LogP contribution in [-0.4, -0.2) is 23.9 Å². The number of hydrogen-bond donors (Lipinski definition) is 0. The molecule has 0 unspecified atom stereocenters. The third-order valence-corrected chi connectivity index (χ3v) is 4.11. The summed E-state index contributed by atoms with van der Waals surface area (Å²) >= 11 is 6.02. The molecule has 0 aromatic heterocycles. The molecule has 17 heavy (non-hydrogen) atoms. The average Bonchev–Trinajstić information content (AvgIpc) is 2.33. The minimum atomic E-state index is 0.115. The summed E-state index contributed by atoms with van der Waals surface area (Å²) in [7, 11) is 1.89. The van der Waals surface area contributed by atoms with E-state index in [0.717, 1.165) is 17.9 Å². The molecule has 1 aliphatic heterocycles. The Bertz CT molecular complexity index is 509. The molecular weight excluding hydrogens is 234 g/mol. The van der Waals surface area contributed by atoms with Crippen LogP contribution in [0.2, 0.25) is 5.02 Å². The van der Waals surface area contributed by atoms with Gasteiger partial charge in [-0.25, -0.2) is 0 Å². The maximum atomic E-state index is 11.6. The van der Waals surface area contributed by atoms with Crippen LogP contribution in [0.5, 0.6) is 0 Å². The van der Waals surface area contributed by atoms with Gasteiger partial charge in [0, 0.05) is 24.0 Å². The second kappa shape index (κ2) is 3.88. The third kappa shape index (κ3) is 1.67. The van der Waals surface area contributed by atoms with E-state index < -0.39 is 0 Å². The molecule has 0 spiro atoms. The zero-order valence-corrected chi connectivity index (χ0v) is 10.4. The SMILES string of the molecule is CN1C(=O)C=C[C@H]2c3ccc(Cl)cc3CC[C@@H]21. The lowest BCUT2D eigenvalue weighted by Gasteiger charge is -2.40. The fourth-order valence-corrected chi connectivity index (χ4v) is 3.13. The summed E-state index contributed by atoms with van der Waals surface area (Å²) in [6, 6.07) is 6.40. The second-order valence-corrected chi connectivity index (χ2v) is 5.22. The van der Waals surface area contributed by atoms with Gasteiger partial charge in [0.25, 0.3) is 0 Å². The Morgan fingerprint density at radius 1 is 1.41 bits per heavy atom. The Morgan fingerprint density at radius 3 is 3.06 bits per heavy atom. The quantitative estimate of drug-likeness (QED) is 0.690. The molecule has 1 aromatic rings. The molecule has 3 heteroatoms. The molecule has 0 saturated heterocycles. The fraction of sp³-hybridized carbons (Fsp3) is 0.357. The summed E-state index contributed by atoms with van der Waals surface area (Å²) in [5.41, 5.74) is 2.65. The molecule has 1 aromatic carbocycles. The van der Waals surface area contributed by atoms with Gasteiger partial charge >= 0.3 is 0 Å². The van der Waals surface area contributed by atoms with Crippen LogP contribution in [0.25, 0.3) is 0 Å². The van der Waals surface area contributed by atoms with Crippen LogP contribution in [0.3, 0.4) is 0 Å². The Morgan fingerprint density at radius 2 is 2.24 bits per heavy atom. The van der Waals surface area contributed by atoms with Gasteiger partial charge in [-0.3, -0.25) is 4.79 Å². The smallest absolute Gasteiger partial charge is 0.246 e. The Balaban J connectivity index is 2.07. The monoisotopic (exact) mass is 247 g/mol. The second-order valence-electron chi connectivity index (χ2n) is 4.78. The number of carbonyl (C=O) groups is 1. The predicted molar refractivity (Wildman–Crippen MR) is 68.2 cm³/mol. The number of nitrogens with zero attached hydrogens (tertiary/aromatic N) is 1. The van der Waals surface area contributed by atoms with Gasteiger partial charge in [0.1, 0.15) is 0 Å². The lowest BCUT2D eigenvalue weighted by Crippen LogP contribution is -2.44. The van der Waals surface area contributed by atoms with E-state index in [9.17, 15) is 4.79 Å². The molecule has 0 saturated carbocycles. The van der Waals surface area contributed by atoms with Gasteiger partial charge in [0.05, 0.1) is 0 Å². The molecule has 0 N–H and O–H groups in total. The zero-order valence-electron chi connectivity index (χ0n) is 9.69. The lowest BCUT2D eigenvalue weighted by molar-refractivity contribution is -0.128. The molecule has 1 heterocycles. The summed E-state index contributed by atoms with van der Waals surface area (Å²) in [6.45, 7) is 0. The number of fused-ring (bicyclic) bond motifs is 3. The Labute approximate surface area is 106 Å². The average molecular weight is 248 g/mol. The molecule has 1 aliphatic carbocycles. The number of likely N-dealkylation sites (N-methyl/N-ethyl adjacent to an activating group) is 1. The van der Waals surface area contributed by atoms with Crippen molar-refractivity contribution in [1.82, 2.24) is 4.90 Å². The summed E-state index contributed by atoms with van der Waals surface area (Å²) in [4.78, 5) is 13.5. The van der Waals surface area contributed by atoms with Crippen molar-refractivity contribution in [2.24, 2.45) is 0 Å². The molecule has 0 fully saturated rings. The fourth-order valence-electron chi connectivity index (χ4n) is 2.94. The molecule has 0 bridgehead atoms. The number of benzene rings is 1.